The summed E-state index contributed by atoms with van der Waals surface area (Å²) in [7, 11) is 0. The minimum atomic E-state index is -4.52. The van der Waals surface area contributed by atoms with E-state index in [9.17, 15) is 18.0 Å². The zero-order valence-electron chi connectivity index (χ0n) is 18.8. The number of benzene rings is 1. The van der Waals surface area contributed by atoms with Crippen molar-refractivity contribution in [1.29, 1.82) is 0 Å². The predicted molar refractivity (Wildman–Crippen MR) is 139 cm³/mol. The van der Waals surface area contributed by atoms with Gasteiger partial charge < -0.3 is 15.1 Å². The number of alkyl halides is 3. The lowest BCUT2D eigenvalue weighted by Crippen LogP contribution is -2.51. The smallest absolute Gasteiger partial charge is 0.368 e. The van der Waals surface area contributed by atoms with E-state index >= 15 is 0 Å². The summed E-state index contributed by atoms with van der Waals surface area (Å²) in [6.45, 7) is 4.21. The third kappa shape index (κ3) is 6.05. The number of carbonyl (C=O) groups excluding carboxylic acids is 1. The Labute approximate surface area is 223 Å². The van der Waals surface area contributed by atoms with Gasteiger partial charge in [0.2, 0.25) is 5.91 Å². The molecule has 13 heteroatoms. The van der Waals surface area contributed by atoms with Crippen molar-refractivity contribution in [2.45, 2.75) is 24.7 Å². The van der Waals surface area contributed by atoms with Gasteiger partial charge in [0.1, 0.15) is 5.69 Å². The van der Waals surface area contributed by atoms with Crippen LogP contribution in [0.1, 0.15) is 12.1 Å². The highest BCUT2D eigenvalue weighted by atomic mass is 35.5. The molecule has 0 spiro atoms. The number of amides is 1. The second-order valence-corrected chi connectivity index (χ2v) is 10.2. The summed E-state index contributed by atoms with van der Waals surface area (Å²) in [4.78, 5) is 22.8. The molecule has 1 aromatic heterocycles. The molecule has 3 fully saturated rings. The molecule has 0 aliphatic carbocycles. The van der Waals surface area contributed by atoms with Crippen LogP contribution in [0.25, 0.3) is 10.9 Å². The van der Waals surface area contributed by atoms with Crippen LogP contribution < -0.4 is 10.2 Å². The normalized spacial score (nSPS) is 23.3. The Balaban J connectivity index is 0.00000171. The van der Waals surface area contributed by atoms with Crippen molar-refractivity contribution in [2.75, 3.05) is 55.8 Å². The van der Waals surface area contributed by atoms with Gasteiger partial charge in [-0.2, -0.15) is 13.2 Å². The zero-order valence-corrected chi connectivity index (χ0v) is 22.0. The van der Waals surface area contributed by atoms with Crippen molar-refractivity contribution in [3.05, 3.63) is 35.0 Å². The van der Waals surface area contributed by atoms with Gasteiger partial charge in [0.05, 0.1) is 17.4 Å². The van der Waals surface area contributed by atoms with Crippen molar-refractivity contribution in [3.8, 4) is 0 Å². The highest BCUT2D eigenvalue weighted by molar-refractivity contribution is 7.99. The number of piperazine rings is 1. The lowest BCUT2D eigenvalue weighted by Gasteiger charge is -2.39. The number of fused-ring (bicyclic) bond motifs is 1. The van der Waals surface area contributed by atoms with Crippen LogP contribution >= 0.6 is 48.2 Å². The van der Waals surface area contributed by atoms with E-state index in [1.165, 1.54) is 6.07 Å². The van der Waals surface area contributed by atoms with Crippen LogP contribution in [0.3, 0.4) is 0 Å². The standard InChI is InChI=1S/C22H25ClF3N5OS.2ClH/c23-14-1-2-17-16(9-14)19(11-20(28-17)22(24,25)26)30-5-3-29(4-6-30)15-10-18(27-12-15)21(32)31-7-8-33-13-31;;/h1-2,9,11,15,18,27H,3-8,10,12-13H2;2*1H/t15-,18-;;/m0../s1. The number of thioether (sulfide) groups is 1. The number of pyridine rings is 1. The largest absolute Gasteiger partial charge is 0.433 e. The third-order valence-electron chi connectivity index (χ3n) is 6.68. The maximum atomic E-state index is 13.5. The Bertz CT molecular complexity index is 1050. The SMILES string of the molecule is Cl.Cl.O=C([C@@H]1C[C@H](N2CCN(c3cc(C(F)(F)F)nc4ccc(Cl)cc34)CC2)CN1)N1CCSC1. The van der Waals surface area contributed by atoms with E-state index in [0.29, 0.717) is 29.2 Å². The van der Waals surface area contributed by atoms with Gasteiger partial charge in [-0.1, -0.05) is 11.6 Å². The Kier molecular flexibility index (Phi) is 9.31. The molecule has 3 saturated heterocycles. The number of nitrogens with zero attached hydrogens (tertiary/aromatic N) is 4. The molecular weight excluding hydrogens is 546 g/mol. The molecule has 0 unspecified atom stereocenters. The summed E-state index contributed by atoms with van der Waals surface area (Å²) in [5, 5.41) is 4.47. The topological polar surface area (TPSA) is 51.7 Å². The fourth-order valence-corrected chi connectivity index (χ4v) is 6.03. The Morgan fingerprint density at radius 2 is 1.86 bits per heavy atom. The van der Waals surface area contributed by atoms with Gasteiger partial charge in [-0.15, -0.1) is 36.6 Å². The van der Waals surface area contributed by atoms with E-state index in [1.54, 1.807) is 23.9 Å². The Hall–Kier alpha value is -1.17. The minimum Gasteiger partial charge on any atom is -0.368 e. The van der Waals surface area contributed by atoms with E-state index in [4.69, 9.17) is 11.6 Å². The monoisotopic (exact) mass is 571 g/mol. The zero-order chi connectivity index (χ0) is 23.2. The van der Waals surface area contributed by atoms with Gasteiger partial charge in [0.25, 0.3) is 0 Å². The molecule has 3 aliphatic rings. The molecule has 0 radical (unpaired) electrons. The maximum Gasteiger partial charge on any atom is 0.433 e. The second kappa shape index (κ2) is 11.5. The second-order valence-electron chi connectivity index (χ2n) is 8.70. The quantitative estimate of drug-likeness (QED) is 0.597. The average Bonchev–Trinajstić information content (AvgIpc) is 3.50. The number of rotatable bonds is 3. The first kappa shape index (κ1) is 28.4. The molecule has 1 aromatic carbocycles. The van der Waals surface area contributed by atoms with Crippen molar-refractivity contribution in [1.82, 2.24) is 20.1 Å². The minimum absolute atomic E-state index is 0. The van der Waals surface area contributed by atoms with Gasteiger partial charge in [-0.3, -0.25) is 9.69 Å². The highest BCUT2D eigenvalue weighted by Gasteiger charge is 2.38. The molecule has 1 amide bonds. The fraction of sp³-hybridized carbons (Fsp3) is 0.545. The summed E-state index contributed by atoms with van der Waals surface area (Å²) in [6.07, 6.45) is -3.75. The summed E-state index contributed by atoms with van der Waals surface area (Å²) in [5.41, 5.74) is -0.0946. The molecule has 3 aliphatic heterocycles. The van der Waals surface area contributed by atoms with Crippen molar-refractivity contribution in [2.24, 2.45) is 0 Å². The van der Waals surface area contributed by atoms with Crippen molar-refractivity contribution < 1.29 is 18.0 Å². The molecule has 0 bridgehead atoms. The number of anilines is 1. The highest BCUT2D eigenvalue weighted by Crippen LogP contribution is 2.36. The molecule has 35 heavy (non-hydrogen) atoms. The van der Waals surface area contributed by atoms with Crippen LogP contribution in [0.5, 0.6) is 0 Å². The van der Waals surface area contributed by atoms with Crippen LogP contribution in [-0.4, -0.2) is 83.7 Å². The summed E-state index contributed by atoms with van der Waals surface area (Å²) < 4.78 is 40.4. The van der Waals surface area contributed by atoms with Gasteiger partial charge >= 0.3 is 6.18 Å². The van der Waals surface area contributed by atoms with Crippen LogP contribution in [0.15, 0.2) is 24.3 Å². The number of aromatic nitrogens is 1. The number of hydrogen-bond donors (Lipinski definition) is 1. The van der Waals surface area contributed by atoms with E-state index in [2.05, 4.69) is 15.2 Å². The molecule has 1 N–H and O–H groups in total. The van der Waals surface area contributed by atoms with Crippen LogP contribution in [0.4, 0.5) is 18.9 Å². The lowest BCUT2D eigenvalue weighted by atomic mass is 10.1. The number of carbonyl (C=O) groups is 1. The molecule has 2 aromatic rings. The molecular formula is C22H27Cl3F3N5OS. The Morgan fingerprint density at radius 1 is 1.11 bits per heavy atom. The first-order chi connectivity index (χ1) is 15.8. The van der Waals surface area contributed by atoms with E-state index < -0.39 is 11.9 Å². The van der Waals surface area contributed by atoms with Crippen molar-refractivity contribution in [3.63, 3.8) is 0 Å². The summed E-state index contributed by atoms with van der Waals surface area (Å²) >= 11 is 7.92. The van der Waals surface area contributed by atoms with Gasteiger partial charge in [-0.05, 0) is 30.7 Å². The Morgan fingerprint density at radius 3 is 2.51 bits per heavy atom. The van der Waals surface area contributed by atoms with Crippen LogP contribution in [-0.2, 0) is 11.0 Å². The van der Waals surface area contributed by atoms with Gasteiger partial charge in [-0.25, -0.2) is 4.98 Å². The van der Waals surface area contributed by atoms with E-state index in [1.807, 2.05) is 9.80 Å². The van der Waals surface area contributed by atoms with Gasteiger partial charge in [0, 0.05) is 67.2 Å². The van der Waals surface area contributed by atoms with Gasteiger partial charge in [0.15, 0.2) is 0 Å². The summed E-state index contributed by atoms with van der Waals surface area (Å²) in [6, 6.07) is 6.02. The fourth-order valence-electron chi connectivity index (χ4n) is 4.91. The average molecular weight is 573 g/mol. The third-order valence-corrected chi connectivity index (χ3v) is 7.88. The molecule has 0 saturated carbocycles. The molecule has 4 heterocycles. The first-order valence-electron chi connectivity index (χ1n) is 11.1. The number of halogens is 6. The van der Waals surface area contributed by atoms with Crippen LogP contribution in [0.2, 0.25) is 5.02 Å². The molecule has 6 nitrogen and oxygen atoms in total. The number of nitrogens with one attached hydrogen (secondary N) is 1. The molecule has 5 rings (SSSR count). The van der Waals surface area contributed by atoms with E-state index in [-0.39, 0.29) is 48.3 Å². The van der Waals surface area contributed by atoms with Crippen molar-refractivity contribution >= 4 is 70.7 Å². The first-order valence-corrected chi connectivity index (χ1v) is 12.6. The predicted octanol–water partition coefficient (Wildman–Crippen LogP) is 4.14. The molecule has 194 valence electrons. The van der Waals surface area contributed by atoms with Crippen LogP contribution in [0, 0.1) is 0 Å². The molecule has 2 atom stereocenters. The summed E-state index contributed by atoms with van der Waals surface area (Å²) in [5.74, 6) is 1.94. The maximum absolute atomic E-state index is 13.5. The van der Waals surface area contributed by atoms with E-state index in [0.717, 1.165) is 50.3 Å². The lowest BCUT2D eigenvalue weighted by molar-refractivity contribution is -0.141. The number of hydrogen-bond acceptors (Lipinski definition) is 6.